The number of carbonyl (C=O) groups is 1. The number of hydrogen-bond acceptors (Lipinski definition) is 2. The molecule has 0 aliphatic carbocycles. The van der Waals surface area contributed by atoms with Gasteiger partial charge in [0.05, 0.1) is 11.4 Å². The van der Waals surface area contributed by atoms with E-state index in [1.165, 1.54) is 0 Å². The van der Waals surface area contributed by atoms with Gasteiger partial charge >= 0.3 is 0 Å². The maximum absolute atomic E-state index is 12.6. The molecule has 1 heterocycles. The summed E-state index contributed by atoms with van der Waals surface area (Å²) >= 11 is 6.39. The van der Waals surface area contributed by atoms with Gasteiger partial charge < -0.3 is 5.32 Å². The number of aryl methyl sites for hydroxylation is 1. The summed E-state index contributed by atoms with van der Waals surface area (Å²) < 4.78 is 1.55. The fraction of sp³-hybridized carbons (Fsp3) is 0.0526. The van der Waals surface area contributed by atoms with Crippen molar-refractivity contribution < 1.29 is 4.79 Å². The highest BCUT2D eigenvalue weighted by atomic mass is 35.5. The molecule has 0 unspecified atom stereocenters. The average Bonchev–Trinajstić information content (AvgIpc) is 2.90. The molecule has 3 aromatic rings. The number of nitrogens with one attached hydrogen (secondary N) is 1. The summed E-state index contributed by atoms with van der Waals surface area (Å²) in [5.41, 5.74) is 2.98. The number of carbonyl (C=O) groups excluding carboxylic acids is 1. The second-order valence-corrected chi connectivity index (χ2v) is 5.54. The zero-order valence-electron chi connectivity index (χ0n) is 13.0. The molecule has 0 saturated heterocycles. The summed E-state index contributed by atoms with van der Waals surface area (Å²) in [5.74, 6) is 2.21. The van der Waals surface area contributed by atoms with Crippen LogP contribution in [0.15, 0.2) is 54.6 Å². The van der Waals surface area contributed by atoms with E-state index in [4.69, 9.17) is 18.0 Å². The van der Waals surface area contributed by atoms with Gasteiger partial charge in [0.1, 0.15) is 10.7 Å². The molecule has 0 spiro atoms. The third-order valence-corrected chi connectivity index (χ3v) is 3.87. The minimum atomic E-state index is -0.325. The van der Waals surface area contributed by atoms with Crippen LogP contribution >= 0.6 is 11.6 Å². The lowest BCUT2D eigenvalue weighted by Crippen LogP contribution is -2.13. The van der Waals surface area contributed by atoms with Crippen LogP contribution in [0.4, 0.5) is 5.69 Å². The fourth-order valence-electron chi connectivity index (χ4n) is 2.38. The molecular weight excluding hydrogens is 322 g/mol. The van der Waals surface area contributed by atoms with Gasteiger partial charge in [-0.15, -0.1) is 6.42 Å². The van der Waals surface area contributed by atoms with Gasteiger partial charge in [-0.3, -0.25) is 4.79 Å². The molecule has 0 bridgehead atoms. The highest BCUT2D eigenvalue weighted by Gasteiger charge is 2.21. The minimum Gasteiger partial charge on any atom is -0.322 e. The molecule has 3 rings (SSSR count). The van der Waals surface area contributed by atoms with Gasteiger partial charge in [-0.05, 0) is 37.3 Å². The number of amides is 1. The summed E-state index contributed by atoms with van der Waals surface area (Å²) in [7, 11) is 0. The van der Waals surface area contributed by atoms with Gasteiger partial charge in [0, 0.05) is 11.3 Å². The van der Waals surface area contributed by atoms with Crippen molar-refractivity contribution in [2.75, 3.05) is 5.32 Å². The number of rotatable bonds is 3. The first-order valence-electron chi connectivity index (χ1n) is 7.28. The Hall–Kier alpha value is -3.03. The van der Waals surface area contributed by atoms with Crippen molar-refractivity contribution >= 4 is 23.2 Å². The van der Waals surface area contributed by atoms with Crippen LogP contribution < -0.4 is 5.32 Å². The Morgan fingerprint density at radius 1 is 1.21 bits per heavy atom. The number of benzene rings is 2. The predicted octanol–water partition coefficient (Wildman–Crippen LogP) is 4.07. The second-order valence-electron chi connectivity index (χ2n) is 5.18. The third kappa shape index (κ3) is 3.03. The standard InChI is InChI=1S/C19H14ClN3O/c1-3-14-8-7-9-15(12-14)21-19(24)17-13(2)22-23(18(17)20)16-10-5-4-6-11-16/h1,4-12H,2H3,(H,21,24). The highest BCUT2D eigenvalue weighted by Crippen LogP contribution is 2.24. The smallest absolute Gasteiger partial charge is 0.260 e. The van der Waals surface area contributed by atoms with Crippen molar-refractivity contribution in [2.45, 2.75) is 6.92 Å². The van der Waals surface area contributed by atoms with E-state index in [-0.39, 0.29) is 11.1 Å². The lowest BCUT2D eigenvalue weighted by atomic mass is 10.2. The van der Waals surface area contributed by atoms with E-state index in [9.17, 15) is 4.79 Å². The molecule has 4 nitrogen and oxygen atoms in total. The minimum absolute atomic E-state index is 0.268. The molecule has 0 fully saturated rings. The molecule has 0 aliphatic heterocycles. The van der Waals surface area contributed by atoms with Gasteiger partial charge in [-0.1, -0.05) is 41.8 Å². The van der Waals surface area contributed by atoms with E-state index in [1.807, 2.05) is 30.3 Å². The molecule has 5 heteroatoms. The first-order chi connectivity index (χ1) is 11.6. The van der Waals surface area contributed by atoms with Crippen LogP contribution in [0.2, 0.25) is 5.15 Å². The molecule has 1 amide bonds. The SMILES string of the molecule is C#Cc1cccc(NC(=O)c2c(C)nn(-c3ccccc3)c2Cl)c1. The Labute approximate surface area is 145 Å². The van der Waals surface area contributed by atoms with E-state index in [2.05, 4.69) is 16.3 Å². The molecule has 1 N–H and O–H groups in total. The topological polar surface area (TPSA) is 46.9 Å². The van der Waals surface area contributed by atoms with Crippen molar-refractivity contribution in [3.8, 4) is 18.0 Å². The van der Waals surface area contributed by atoms with Crippen molar-refractivity contribution in [2.24, 2.45) is 0 Å². The molecule has 2 aromatic carbocycles. The van der Waals surface area contributed by atoms with E-state index >= 15 is 0 Å². The zero-order chi connectivity index (χ0) is 17.1. The number of halogens is 1. The summed E-state index contributed by atoms with van der Waals surface area (Å²) in [5, 5.41) is 7.44. The monoisotopic (exact) mass is 335 g/mol. The molecule has 0 aliphatic rings. The van der Waals surface area contributed by atoms with E-state index in [1.54, 1.807) is 35.9 Å². The van der Waals surface area contributed by atoms with E-state index in [0.717, 1.165) is 5.69 Å². The molecule has 0 radical (unpaired) electrons. The summed E-state index contributed by atoms with van der Waals surface area (Å²) in [6.07, 6.45) is 5.38. The normalized spacial score (nSPS) is 10.2. The first-order valence-corrected chi connectivity index (χ1v) is 7.66. The Morgan fingerprint density at radius 3 is 2.67 bits per heavy atom. The predicted molar refractivity (Wildman–Crippen MR) is 95.6 cm³/mol. The fourth-order valence-corrected chi connectivity index (χ4v) is 2.74. The number of aromatic nitrogens is 2. The molecule has 0 atom stereocenters. The van der Waals surface area contributed by atoms with Crippen LogP contribution in [0.1, 0.15) is 21.6 Å². The second kappa shape index (κ2) is 6.61. The Kier molecular flexibility index (Phi) is 4.37. The summed E-state index contributed by atoms with van der Waals surface area (Å²) in [6, 6.07) is 16.5. The third-order valence-electron chi connectivity index (χ3n) is 3.52. The summed E-state index contributed by atoms with van der Waals surface area (Å²) in [6.45, 7) is 1.75. The van der Waals surface area contributed by atoms with Crippen LogP contribution in [0, 0.1) is 19.3 Å². The van der Waals surface area contributed by atoms with Crippen molar-refractivity contribution in [3.63, 3.8) is 0 Å². The van der Waals surface area contributed by atoms with Crippen molar-refractivity contribution in [1.29, 1.82) is 0 Å². The Balaban J connectivity index is 1.93. The van der Waals surface area contributed by atoms with E-state index in [0.29, 0.717) is 22.5 Å². The summed E-state index contributed by atoms with van der Waals surface area (Å²) in [4.78, 5) is 12.6. The van der Waals surface area contributed by atoms with Crippen molar-refractivity contribution in [1.82, 2.24) is 9.78 Å². The van der Waals surface area contributed by atoms with Gasteiger partial charge in [0.2, 0.25) is 0 Å². The Morgan fingerprint density at radius 2 is 1.96 bits per heavy atom. The van der Waals surface area contributed by atoms with Crippen LogP contribution in [0.5, 0.6) is 0 Å². The van der Waals surface area contributed by atoms with Gasteiger partial charge in [0.15, 0.2) is 0 Å². The average molecular weight is 336 g/mol. The maximum atomic E-state index is 12.6. The largest absolute Gasteiger partial charge is 0.322 e. The first kappa shape index (κ1) is 15.9. The molecule has 118 valence electrons. The number of hydrogen-bond donors (Lipinski definition) is 1. The maximum Gasteiger partial charge on any atom is 0.260 e. The van der Waals surface area contributed by atoms with Gasteiger partial charge in [0.25, 0.3) is 5.91 Å². The number of anilines is 1. The molecule has 1 aromatic heterocycles. The number of para-hydroxylation sites is 1. The lowest BCUT2D eigenvalue weighted by Gasteiger charge is -2.06. The molecular formula is C19H14ClN3O. The van der Waals surface area contributed by atoms with Crippen molar-refractivity contribution in [3.05, 3.63) is 76.6 Å². The highest BCUT2D eigenvalue weighted by molar-refractivity contribution is 6.34. The number of terminal acetylenes is 1. The molecule has 24 heavy (non-hydrogen) atoms. The molecule has 0 saturated carbocycles. The lowest BCUT2D eigenvalue weighted by molar-refractivity contribution is 0.102. The van der Waals surface area contributed by atoms with Crippen LogP contribution in [0.25, 0.3) is 5.69 Å². The van der Waals surface area contributed by atoms with E-state index < -0.39 is 0 Å². The van der Waals surface area contributed by atoms with Crippen LogP contribution in [-0.2, 0) is 0 Å². The zero-order valence-corrected chi connectivity index (χ0v) is 13.7. The Bertz CT molecular complexity index is 939. The van der Waals surface area contributed by atoms with Gasteiger partial charge in [-0.25, -0.2) is 4.68 Å². The van der Waals surface area contributed by atoms with Gasteiger partial charge in [-0.2, -0.15) is 5.10 Å². The van der Waals surface area contributed by atoms with Crippen LogP contribution in [-0.4, -0.2) is 15.7 Å². The quantitative estimate of drug-likeness (QED) is 0.733. The number of nitrogens with zero attached hydrogens (tertiary/aromatic N) is 2. The van der Waals surface area contributed by atoms with Crippen LogP contribution in [0.3, 0.4) is 0 Å².